The summed E-state index contributed by atoms with van der Waals surface area (Å²) in [5, 5.41) is 15.3. The number of hydrogen-bond donors (Lipinski definition) is 4. The van der Waals surface area contributed by atoms with Crippen LogP contribution in [0.2, 0.25) is 5.02 Å². The molecular formula is C22H31ClN2O8S. The Morgan fingerprint density at radius 3 is 2.65 bits per heavy atom. The van der Waals surface area contributed by atoms with E-state index in [1.54, 1.807) is 13.8 Å². The summed E-state index contributed by atoms with van der Waals surface area (Å²) < 4.78 is 53.6. The molecule has 0 aliphatic carbocycles. The first-order chi connectivity index (χ1) is 16.6. The average molecular weight is 521 g/mol. The Bertz CT molecular complexity index is 1070. The number of alkyl carbamates (subject to hydrolysis) is 1. The van der Waals surface area contributed by atoms with Gasteiger partial charge in [0, 0.05) is 29.8 Å². The highest BCUT2D eigenvalue weighted by molar-refractivity contribution is 7.86. The Morgan fingerprint density at radius 1 is 1.38 bits per heavy atom. The van der Waals surface area contributed by atoms with Crippen LogP contribution in [0.4, 0.5) is 4.79 Å². The highest BCUT2D eigenvalue weighted by Crippen LogP contribution is 2.28. The fourth-order valence-electron chi connectivity index (χ4n) is 3.75. The highest BCUT2D eigenvalue weighted by atomic mass is 35.5. The van der Waals surface area contributed by atoms with Crippen LogP contribution in [0.1, 0.15) is 47.8 Å². The van der Waals surface area contributed by atoms with E-state index < -0.39 is 58.3 Å². The van der Waals surface area contributed by atoms with Gasteiger partial charge in [-0.2, -0.15) is 8.42 Å². The van der Waals surface area contributed by atoms with Gasteiger partial charge in [-0.3, -0.25) is 14.1 Å². The quantitative estimate of drug-likeness (QED) is 0.305. The van der Waals surface area contributed by atoms with Gasteiger partial charge in [0.2, 0.25) is 5.91 Å². The summed E-state index contributed by atoms with van der Waals surface area (Å²) in [7, 11) is -4.94. The second-order valence-corrected chi connectivity index (χ2v) is 10.6. The number of carbonyl (C=O) groups is 3. The summed E-state index contributed by atoms with van der Waals surface area (Å²) in [4.78, 5) is 37.6. The second-order valence-electron chi connectivity index (χ2n) is 8.68. The van der Waals surface area contributed by atoms with Crippen molar-refractivity contribution in [3.63, 3.8) is 0 Å². The average Bonchev–Trinajstić information content (AvgIpc) is 3.15. The van der Waals surface area contributed by atoms with Crippen LogP contribution in [0.25, 0.3) is 0 Å². The first kappa shape index (κ1) is 24.9. The Labute approximate surface area is 206 Å². The van der Waals surface area contributed by atoms with E-state index in [9.17, 15) is 32.5 Å². The summed E-state index contributed by atoms with van der Waals surface area (Å²) in [6.45, 7) is 1.34. The number of aliphatic hydroxyl groups is 1. The fraction of sp³-hybridized carbons (Fsp3) is 0.591. The molecule has 190 valence electrons. The molecule has 1 aliphatic heterocycles. The third kappa shape index (κ3) is 8.86. The Hall–Kier alpha value is -2.21. The van der Waals surface area contributed by atoms with Crippen LogP contribution in [-0.4, -0.2) is 53.9 Å². The molecule has 0 spiro atoms. The van der Waals surface area contributed by atoms with Gasteiger partial charge in [0.15, 0.2) is 11.2 Å². The summed E-state index contributed by atoms with van der Waals surface area (Å²) in [5.41, 5.74) is -2.33. The standard InChI is InChI=1S/C22H31ClN2O8S/c1-13(2)8-18(25-22(29)33-12-14-4-3-5-17(23)9-14)19(26)11-16(21(28)34(30,31)32)10-15-6-7-24-20(15)27/h3-5,9,13,15-16,18,21,28H,6-8,10-12H2,1-2H3,(H,24,27)(H,25,29)(H,30,31,32)/t15-,16+,18-,21?/m0/s1/i12D2. The number of nitrogens with one attached hydrogen (secondary N) is 2. The molecule has 0 radical (unpaired) electrons. The largest absolute Gasteiger partial charge is 0.445 e. The van der Waals surface area contributed by atoms with Gasteiger partial charge >= 0.3 is 6.09 Å². The van der Waals surface area contributed by atoms with Crippen molar-refractivity contribution in [3.05, 3.63) is 34.9 Å². The van der Waals surface area contributed by atoms with Gasteiger partial charge in [-0.15, -0.1) is 0 Å². The molecule has 10 nitrogen and oxygen atoms in total. The zero-order chi connectivity index (χ0) is 27.3. The lowest BCUT2D eigenvalue weighted by Gasteiger charge is -2.25. The SMILES string of the molecule is [2H]C([2H])(OC(=O)N[C@@H](CC(C)C)C(=O)C[C@@H](C[C@@H]1CCNC1=O)C(O)S(=O)(=O)O)c1cccc(Cl)c1. The molecule has 1 fully saturated rings. The van der Waals surface area contributed by atoms with Crippen molar-refractivity contribution >= 4 is 39.5 Å². The van der Waals surface area contributed by atoms with Crippen molar-refractivity contribution in [1.29, 1.82) is 0 Å². The molecule has 2 amide bonds. The van der Waals surface area contributed by atoms with Crippen LogP contribution in [0.5, 0.6) is 0 Å². The number of Topliss-reactive ketones (excluding diaryl/α,β-unsaturated/α-hetero) is 1. The Kier molecular flexibility index (Phi) is 9.14. The van der Waals surface area contributed by atoms with Gasteiger partial charge in [0.05, 0.1) is 8.78 Å². The van der Waals surface area contributed by atoms with E-state index in [1.165, 1.54) is 24.3 Å². The number of ether oxygens (including phenoxy) is 1. The maximum absolute atomic E-state index is 13.1. The summed E-state index contributed by atoms with van der Waals surface area (Å²) in [5.74, 6) is -3.10. The molecule has 1 aliphatic rings. The minimum Gasteiger partial charge on any atom is -0.445 e. The zero-order valence-electron chi connectivity index (χ0n) is 20.9. The third-order valence-corrected chi connectivity index (χ3v) is 6.63. The molecule has 12 heteroatoms. The lowest BCUT2D eigenvalue weighted by atomic mass is 9.87. The molecule has 0 saturated carbocycles. The molecule has 1 unspecified atom stereocenters. The van der Waals surface area contributed by atoms with Gasteiger partial charge in [-0.05, 0) is 42.9 Å². The molecular weight excluding hydrogens is 488 g/mol. The molecule has 0 aromatic heterocycles. The normalized spacial score (nSPS) is 20.1. The second kappa shape index (κ2) is 12.5. The topological polar surface area (TPSA) is 159 Å². The molecule has 1 aromatic carbocycles. The minimum absolute atomic E-state index is 0.0249. The summed E-state index contributed by atoms with van der Waals surface area (Å²) >= 11 is 5.87. The van der Waals surface area contributed by atoms with Gasteiger partial charge in [0.1, 0.15) is 6.56 Å². The number of aliphatic hydroxyl groups excluding tert-OH is 1. The van der Waals surface area contributed by atoms with Gasteiger partial charge in [-0.25, -0.2) is 4.79 Å². The molecule has 1 saturated heterocycles. The Balaban J connectivity index is 2.17. The van der Waals surface area contributed by atoms with Crippen molar-refractivity contribution in [2.45, 2.75) is 57.6 Å². The van der Waals surface area contributed by atoms with Crippen molar-refractivity contribution in [2.75, 3.05) is 6.54 Å². The van der Waals surface area contributed by atoms with Crippen molar-refractivity contribution < 1.29 is 39.9 Å². The van der Waals surface area contributed by atoms with Crippen LogP contribution in [0.3, 0.4) is 0 Å². The summed E-state index contributed by atoms with van der Waals surface area (Å²) in [6, 6.07) is 4.45. The first-order valence-electron chi connectivity index (χ1n) is 11.8. The van der Waals surface area contributed by atoms with Crippen LogP contribution >= 0.6 is 11.6 Å². The number of benzene rings is 1. The fourth-order valence-corrected chi connectivity index (χ4v) is 4.64. The maximum atomic E-state index is 13.1. The number of hydrogen-bond acceptors (Lipinski definition) is 7. The number of rotatable bonds is 12. The maximum Gasteiger partial charge on any atom is 0.408 e. The van der Waals surface area contributed by atoms with E-state index in [0.29, 0.717) is 13.0 Å². The first-order valence-corrected chi connectivity index (χ1v) is 12.7. The van der Waals surface area contributed by atoms with Crippen molar-refractivity contribution in [2.24, 2.45) is 17.8 Å². The van der Waals surface area contributed by atoms with Crippen LogP contribution in [0.15, 0.2) is 24.3 Å². The van der Waals surface area contributed by atoms with E-state index in [4.69, 9.17) is 19.1 Å². The van der Waals surface area contributed by atoms with E-state index in [0.717, 1.165) is 0 Å². The Morgan fingerprint density at radius 2 is 2.09 bits per heavy atom. The van der Waals surface area contributed by atoms with E-state index >= 15 is 0 Å². The molecule has 2 rings (SSSR count). The lowest BCUT2D eigenvalue weighted by molar-refractivity contribution is -0.125. The zero-order valence-corrected chi connectivity index (χ0v) is 20.4. The molecule has 1 aromatic rings. The van der Waals surface area contributed by atoms with Crippen molar-refractivity contribution in [3.8, 4) is 0 Å². The van der Waals surface area contributed by atoms with E-state index in [1.807, 2.05) is 0 Å². The lowest BCUT2D eigenvalue weighted by Crippen LogP contribution is -2.44. The van der Waals surface area contributed by atoms with Crippen LogP contribution < -0.4 is 10.6 Å². The summed E-state index contributed by atoms with van der Waals surface area (Å²) in [6.07, 6.45) is -1.49. The van der Waals surface area contributed by atoms with Gasteiger partial charge in [-0.1, -0.05) is 37.6 Å². The predicted molar refractivity (Wildman–Crippen MR) is 124 cm³/mol. The third-order valence-electron chi connectivity index (χ3n) is 5.40. The molecule has 4 atom stereocenters. The van der Waals surface area contributed by atoms with E-state index in [-0.39, 0.29) is 35.3 Å². The molecule has 1 heterocycles. The van der Waals surface area contributed by atoms with Gasteiger partial charge < -0.3 is 20.5 Å². The van der Waals surface area contributed by atoms with Gasteiger partial charge in [0.25, 0.3) is 10.1 Å². The molecule has 34 heavy (non-hydrogen) atoms. The minimum atomic E-state index is -4.94. The molecule has 4 N–H and O–H groups in total. The van der Waals surface area contributed by atoms with Crippen LogP contribution in [0, 0.1) is 17.8 Å². The number of ketones is 1. The number of amides is 2. The molecule has 0 bridgehead atoms. The van der Waals surface area contributed by atoms with Crippen molar-refractivity contribution in [1.82, 2.24) is 10.6 Å². The van der Waals surface area contributed by atoms with Crippen LogP contribution in [-0.2, 0) is 31.0 Å². The predicted octanol–water partition coefficient (Wildman–Crippen LogP) is 2.29. The number of carbonyl (C=O) groups excluding carboxylic acids is 3. The monoisotopic (exact) mass is 520 g/mol. The number of halogens is 1. The smallest absolute Gasteiger partial charge is 0.408 e. The van der Waals surface area contributed by atoms with E-state index in [2.05, 4.69) is 10.6 Å². The highest BCUT2D eigenvalue weighted by Gasteiger charge is 2.38.